The summed E-state index contributed by atoms with van der Waals surface area (Å²) < 4.78 is 24.4. The van der Waals surface area contributed by atoms with Gasteiger partial charge in [0, 0.05) is 42.4 Å². The molecule has 1 aliphatic heterocycles. The Morgan fingerprint density at radius 2 is 1.83 bits per heavy atom. The van der Waals surface area contributed by atoms with Gasteiger partial charge in [-0.1, -0.05) is 0 Å². The van der Waals surface area contributed by atoms with Crippen molar-refractivity contribution < 1.29 is 18.7 Å². The Balaban J connectivity index is 1.63. The van der Waals surface area contributed by atoms with E-state index in [1.54, 1.807) is 33.3 Å². The van der Waals surface area contributed by atoms with Gasteiger partial charge in [0.2, 0.25) is 5.95 Å². The molecule has 3 aromatic rings. The molecular weight excluding hydrogens is 459 g/mol. The summed E-state index contributed by atoms with van der Waals surface area (Å²) in [5.74, 6) is 1.52. The minimum absolute atomic E-state index is 0.224. The number of carbonyl (C=O) groups excluding carboxylic acids is 1. The van der Waals surface area contributed by atoms with Gasteiger partial charge in [0.05, 0.1) is 26.1 Å². The third-order valence-electron chi connectivity index (χ3n) is 6.21. The van der Waals surface area contributed by atoms with E-state index in [4.69, 9.17) is 9.47 Å². The van der Waals surface area contributed by atoms with E-state index in [0.717, 1.165) is 47.5 Å². The van der Waals surface area contributed by atoms with Crippen LogP contribution >= 0.6 is 0 Å². The number of pyridine rings is 1. The summed E-state index contributed by atoms with van der Waals surface area (Å²) in [5, 5.41) is 6.45. The van der Waals surface area contributed by atoms with Crippen molar-refractivity contribution in [2.75, 3.05) is 20.8 Å². The smallest absolute Gasteiger partial charge is 0.251 e. The molecule has 0 saturated carbocycles. The SMILES string of the molecule is COc1cc(OC)cc(C(C)NC(=O)c2cc(CNC3=NCCC3)cc(-c3ccc(F)nc3C)c2)c1. The molecule has 0 spiro atoms. The molecular formula is C28H31FN4O3. The quantitative estimate of drug-likeness (QED) is 0.435. The molecule has 2 heterocycles. The summed E-state index contributed by atoms with van der Waals surface area (Å²) in [6, 6.07) is 13.9. The van der Waals surface area contributed by atoms with Crippen LogP contribution in [0.15, 0.2) is 53.5 Å². The predicted octanol–water partition coefficient (Wildman–Crippen LogP) is 4.99. The lowest BCUT2D eigenvalue weighted by Crippen LogP contribution is -2.27. The molecule has 0 fully saturated rings. The summed E-state index contributed by atoms with van der Waals surface area (Å²) in [6.45, 7) is 5.03. The van der Waals surface area contributed by atoms with E-state index in [2.05, 4.69) is 20.6 Å². The van der Waals surface area contributed by atoms with E-state index in [0.29, 0.717) is 29.3 Å². The number of aromatic nitrogens is 1. The van der Waals surface area contributed by atoms with Crippen molar-refractivity contribution in [1.82, 2.24) is 15.6 Å². The maximum atomic E-state index is 13.6. The topological polar surface area (TPSA) is 84.8 Å². The number of hydrogen-bond acceptors (Lipinski definition) is 6. The van der Waals surface area contributed by atoms with E-state index in [1.165, 1.54) is 6.07 Å². The summed E-state index contributed by atoms with van der Waals surface area (Å²) >= 11 is 0. The van der Waals surface area contributed by atoms with Gasteiger partial charge >= 0.3 is 0 Å². The Morgan fingerprint density at radius 3 is 2.47 bits per heavy atom. The van der Waals surface area contributed by atoms with E-state index in [-0.39, 0.29) is 11.9 Å². The summed E-state index contributed by atoms with van der Waals surface area (Å²) in [7, 11) is 3.18. The van der Waals surface area contributed by atoms with Crippen LogP contribution < -0.4 is 20.1 Å². The van der Waals surface area contributed by atoms with E-state index >= 15 is 0 Å². The number of aryl methyl sites for hydroxylation is 1. The molecule has 0 aliphatic carbocycles. The largest absolute Gasteiger partial charge is 0.497 e. The zero-order valence-electron chi connectivity index (χ0n) is 21.0. The normalized spacial score (nSPS) is 13.6. The minimum atomic E-state index is -0.533. The first kappa shape index (κ1) is 25.2. The Bertz CT molecular complexity index is 1270. The number of nitrogens with zero attached hydrogens (tertiary/aromatic N) is 2. The number of amidine groups is 1. The van der Waals surface area contributed by atoms with Crippen LogP contribution in [-0.2, 0) is 6.54 Å². The number of rotatable bonds is 8. The second-order valence-electron chi connectivity index (χ2n) is 8.81. The lowest BCUT2D eigenvalue weighted by atomic mass is 9.98. The molecule has 1 atom stereocenters. The Labute approximate surface area is 210 Å². The van der Waals surface area contributed by atoms with Crippen LogP contribution in [0.4, 0.5) is 4.39 Å². The highest BCUT2D eigenvalue weighted by Gasteiger charge is 2.17. The first-order valence-electron chi connectivity index (χ1n) is 11.9. The average molecular weight is 491 g/mol. The fraction of sp³-hybridized carbons (Fsp3) is 0.321. The number of ether oxygens (including phenoxy) is 2. The second kappa shape index (κ2) is 11.2. The Kier molecular flexibility index (Phi) is 7.83. The molecule has 4 rings (SSSR count). The number of benzene rings is 2. The molecule has 2 aromatic carbocycles. The molecule has 36 heavy (non-hydrogen) atoms. The van der Waals surface area contributed by atoms with Gasteiger partial charge < -0.3 is 20.1 Å². The van der Waals surface area contributed by atoms with Gasteiger partial charge in [0.25, 0.3) is 5.91 Å². The molecule has 1 aliphatic rings. The molecule has 0 bridgehead atoms. The molecule has 188 valence electrons. The Hall–Kier alpha value is -3.94. The number of hydrogen-bond donors (Lipinski definition) is 2. The van der Waals surface area contributed by atoms with Crippen molar-refractivity contribution in [2.45, 2.75) is 39.3 Å². The van der Waals surface area contributed by atoms with Crippen LogP contribution in [0.2, 0.25) is 0 Å². The van der Waals surface area contributed by atoms with Crippen LogP contribution in [0.25, 0.3) is 11.1 Å². The van der Waals surface area contributed by atoms with E-state index < -0.39 is 5.95 Å². The van der Waals surface area contributed by atoms with Gasteiger partial charge in [0.15, 0.2) is 0 Å². The summed E-state index contributed by atoms with van der Waals surface area (Å²) in [5.41, 5.74) is 4.42. The first-order chi connectivity index (χ1) is 17.4. The maximum Gasteiger partial charge on any atom is 0.251 e. The maximum absolute atomic E-state index is 13.6. The van der Waals surface area contributed by atoms with Crippen LogP contribution in [0.1, 0.15) is 53.0 Å². The zero-order chi connectivity index (χ0) is 25.7. The Morgan fingerprint density at radius 1 is 1.08 bits per heavy atom. The number of nitrogens with one attached hydrogen (secondary N) is 2. The first-order valence-corrected chi connectivity index (χ1v) is 11.9. The molecule has 0 saturated heterocycles. The fourth-order valence-corrected chi connectivity index (χ4v) is 4.25. The molecule has 7 nitrogen and oxygen atoms in total. The standard InChI is InChI=1S/C28H31FN4O3/c1-17(20-13-23(35-3)15-24(14-20)36-4)33-28(34)22-11-19(16-31-27-6-5-9-30-27)10-21(12-22)25-7-8-26(29)32-18(25)2/h7-8,10-15,17H,5-6,9,16H2,1-4H3,(H,30,31)(H,33,34). The number of amides is 1. The van der Waals surface area contributed by atoms with Crippen molar-refractivity contribution in [3.8, 4) is 22.6 Å². The fourth-order valence-electron chi connectivity index (χ4n) is 4.25. The molecule has 2 N–H and O–H groups in total. The number of methoxy groups -OCH3 is 2. The predicted molar refractivity (Wildman–Crippen MR) is 138 cm³/mol. The molecule has 1 aromatic heterocycles. The van der Waals surface area contributed by atoms with Crippen molar-refractivity contribution in [3.63, 3.8) is 0 Å². The molecule has 1 amide bonds. The van der Waals surface area contributed by atoms with Crippen LogP contribution in [-0.4, -0.2) is 37.5 Å². The molecule has 1 unspecified atom stereocenters. The number of carbonyl (C=O) groups is 1. The van der Waals surface area contributed by atoms with Crippen molar-refractivity contribution in [3.05, 3.63) is 76.9 Å². The van der Waals surface area contributed by atoms with E-state index in [1.807, 2.05) is 37.3 Å². The van der Waals surface area contributed by atoms with E-state index in [9.17, 15) is 9.18 Å². The summed E-state index contributed by atoms with van der Waals surface area (Å²) in [4.78, 5) is 21.8. The average Bonchev–Trinajstić information content (AvgIpc) is 3.40. The highest BCUT2D eigenvalue weighted by molar-refractivity contribution is 5.96. The minimum Gasteiger partial charge on any atom is -0.497 e. The van der Waals surface area contributed by atoms with Gasteiger partial charge in [-0.15, -0.1) is 0 Å². The van der Waals surface area contributed by atoms with Crippen molar-refractivity contribution in [2.24, 2.45) is 4.99 Å². The van der Waals surface area contributed by atoms with Gasteiger partial charge in [-0.05, 0) is 79.4 Å². The molecule has 0 radical (unpaired) electrons. The van der Waals surface area contributed by atoms with Crippen LogP contribution in [0.5, 0.6) is 11.5 Å². The highest BCUT2D eigenvalue weighted by atomic mass is 19.1. The van der Waals surface area contributed by atoms with Gasteiger partial charge in [-0.2, -0.15) is 4.39 Å². The highest BCUT2D eigenvalue weighted by Crippen LogP contribution is 2.28. The van der Waals surface area contributed by atoms with Crippen LogP contribution in [0, 0.1) is 12.9 Å². The van der Waals surface area contributed by atoms with Crippen molar-refractivity contribution >= 4 is 11.7 Å². The number of aliphatic imine (C=N–C) groups is 1. The lowest BCUT2D eigenvalue weighted by Gasteiger charge is -2.18. The van der Waals surface area contributed by atoms with Crippen LogP contribution in [0.3, 0.4) is 0 Å². The third kappa shape index (κ3) is 6.00. The third-order valence-corrected chi connectivity index (χ3v) is 6.21. The van der Waals surface area contributed by atoms with Crippen molar-refractivity contribution in [1.29, 1.82) is 0 Å². The molecule has 8 heteroatoms. The van der Waals surface area contributed by atoms with Gasteiger partial charge in [-0.25, -0.2) is 4.98 Å². The van der Waals surface area contributed by atoms with Gasteiger partial charge in [0.1, 0.15) is 11.5 Å². The summed E-state index contributed by atoms with van der Waals surface area (Å²) in [6.07, 6.45) is 1.97. The number of halogens is 1. The zero-order valence-corrected chi connectivity index (χ0v) is 21.0. The lowest BCUT2D eigenvalue weighted by molar-refractivity contribution is 0.0939. The second-order valence-corrected chi connectivity index (χ2v) is 8.81. The van der Waals surface area contributed by atoms with Gasteiger partial charge in [-0.3, -0.25) is 9.79 Å². The monoisotopic (exact) mass is 490 g/mol.